The van der Waals surface area contributed by atoms with Gasteiger partial charge in [-0.2, -0.15) is 0 Å². The lowest BCUT2D eigenvalue weighted by atomic mass is 10.1. The number of aromatic carboxylic acids is 1. The van der Waals surface area contributed by atoms with Gasteiger partial charge < -0.3 is 9.67 Å². The standard InChI is InChI=1S/C14H15NO2/c1-9-4-5-13(10(2)8-9)15-7-6-12(11(15)3)14(16)17/h4-8H,1-3H3,(H,16,17). The smallest absolute Gasteiger partial charge is 0.337 e. The van der Waals surface area contributed by atoms with Crippen molar-refractivity contribution in [2.75, 3.05) is 0 Å². The van der Waals surface area contributed by atoms with Crippen molar-refractivity contribution in [1.29, 1.82) is 0 Å². The normalized spacial score (nSPS) is 10.5. The summed E-state index contributed by atoms with van der Waals surface area (Å²) >= 11 is 0. The highest BCUT2D eigenvalue weighted by molar-refractivity contribution is 5.89. The fourth-order valence-corrected chi connectivity index (χ4v) is 2.07. The van der Waals surface area contributed by atoms with E-state index in [0.717, 1.165) is 16.9 Å². The summed E-state index contributed by atoms with van der Waals surface area (Å²) in [5, 5.41) is 9.03. The van der Waals surface area contributed by atoms with Gasteiger partial charge in [0.15, 0.2) is 0 Å². The number of carboxylic acid groups (broad SMARTS) is 1. The van der Waals surface area contributed by atoms with Gasteiger partial charge in [0.25, 0.3) is 0 Å². The van der Waals surface area contributed by atoms with E-state index in [4.69, 9.17) is 5.11 Å². The Balaban J connectivity index is 2.57. The summed E-state index contributed by atoms with van der Waals surface area (Å²) < 4.78 is 1.91. The minimum absolute atomic E-state index is 0.352. The van der Waals surface area contributed by atoms with Crippen molar-refractivity contribution in [3.63, 3.8) is 0 Å². The van der Waals surface area contributed by atoms with Crippen molar-refractivity contribution in [3.8, 4) is 5.69 Å². The number of aromatic nitrogens is 1. The molecule has 88 valence electrons. The molecule has 1 heterocycles. The van der Waals surface area contributed by atoms with Crippen LogP contribution in [-0.4, -0.2) is 15.6 Å². The molecule has 3 heteroatoms. The van der Waals surface area contributed by atoms with Crippen LogP contribution in [0.25, 0.3) is 5.69 Å². The van der Waals surface area contributed by atoms with Gasteiger partial charge in [-0.3, -0.25) is 0 Å². The molecule has 0 saturated carbocycles. The minimum Gasteiger partial charge on any atom is -0.478 e. The van der Waals surface area contributed by atoms with Gasteiger partial charge in [0, 0.05) is 17.6 Å². The van der Waals surface area contributed by atoms with Gasteiger partial charge in [-0.15, -0.1) is 0 Å². The maximum atomic E-state index is 11.0. The van der Waals surface area contributed by atoms with Crippen LogP contribution in [0, 0.1) is 20.8 Å². The molecule has 0 saturated heterocycles. The zero-order valence-electron chi connectivity index (χ0n) is 10.2. The Morgan fingerprint density at radius 2 is 1.88 bits per heavy atom. The third-order valence-corrected chi connectivity index (χ3v) is 2.98. The van der Waals surface area contributed by atoms with Crippen LogP contribution in [0.15, 0.2) is 30.5 Å². The van der Waals surface area contributed by atoms with Crippen LogP contribution in [0.5, 0.6) is 0 Å². The van der Waals surface area contributed by atoms with Gasteiger partial charge in [-0.1, -0.05) is 17.7 Å². The highest BCUT2D eigenvalue weighted by atomic mass is 16.4. The fourth-order valence-electron chi connectivity index (χ4n) is 2.07. The summed E-state index contributed by atoms with van der Waals surface area (Å²) in [5.41, 5.74) is 4.48. The number of carbonyl (C=O) groups is 1. The van der Waals surface area contributed by atoms with E-state index in [1.54, 1.807) is 12.3 Å². The number of benzene rings is 1. The Morgan fingerprint density at radius 1 is 1.18 bits per heavy atom. The summed E-state index contributed by atoms with van der Waals surface area (Å²) in [7, 11) is 0. The molecule has 0 aliphatic heterocycles. The van der Waals surface area contributed by atoms with Crippen molar-refractivity contribution >= 4 is 5.97 Å². The molecule has 1 aromatic carbocycles. The Labute approximate surface area is 100 Å². The highest BCUT2D eigenvalue weighted by Crippen LogP contribution is 2.20. The molecular weight excluding hydrogens is 214 g/mol. The lowest BCUT2D eigenvalue weighted by molar-refractivity contribution is 0.0696. The van der Waals surface area contributed by atoms with Gasteiger partial charge in [-0.05, 0) is 38.5 Å². The molecule has 0 aliphatic carbocycles. The fraction of sp³-hybridized carbons (Fsp3) is 0.214. The Hall–Kier alpha value is -2.03. The summed E-state index contributed by atoms with van der Waals surface area (Å²) in [6.07, 6.45) is 1.80. The molecule has 2 aromatic rings. The van der Waals surface area contributed by atoms with E-state index in [1.165, 1.54) is 5.56 Å². The average molecular weight is 229 g/mol. The number of hydrogen-bond donors (Lipinski definition) is 1. The molecule has 0 spiro atoms. The molecule has 1 aromatic heterocycles. The van der Waals surface area contributed by atoms with E-state index in [2.05, 4.69) is 6.07 Å². The Bertz CT molecular complexity index is 582. The summed E-state index contributed by atoms with van der Waals surface area (Å²) in [6, 6.07) is 7.78. The first-order valence-corrected chi connectivity index (χ1v) is 5.49. The monoisotopic (exact) mass is 229 g/mol. The topological polar surface area (TPSA) is 42.2 Å². The van der Waals surface area contributed by atoms with E-state index >= 15 is 0 Å². The van der Waals surface area contributed by atoms with Crippen LogP contribution in [0.4, 0.5) is 0 Å². The number of nitrogens with zero attached hydrogens (tertiary/aromatic N) is 1. The Kier molecular flexibility index (Phi) is 2.76. The molecule has 17 heavy (non-hydrogen) atoms. The third kappa shape index (κ3) is 1.96. The minimum atomic E-state index is -0.883. The van der Waals surface area contributed by atoms with Crippen molar-refractivity contribution < 1.29 is 9.90 Å². The van der Waals surface area contributed by atoms with Crippen molar-refractivity contribution in [2.24, 2.45) is 0 Å². The van der Waals surface area contributed by atoms with Crippen molar-refractivity contribution in [3.05, 3.63) is 52.8 Å². The molecule has 0 bridgehead atoms. The Morgan fingerprint density at radius 3 is 2.41 bits per heavy atom. The van der Waals surface area contributed by atoms with Crippen LogP contribution in [0.1, 0.15) is 27.2 Å². The van der Waals surface area contributed by atoms with Gasteiger partial charge >= 0.3 is 5.97 Å². The molecule has 0 atom stereocenters. The van der Waals surface area contributed by atoms with E-state index in [-0.39, 0.29) is 0 Å². The SMILES string of the molecule is Cc1ccc(-n2ccc(C(=O)O)c2C)c(C)c1. The maximum absolute atomic E-state index is 11.0. The number of carboxylic acids is 1. The summed E-state index contributed by atoms with van der Waals surface area (Å²) in [6.45, 7) is 5.90. The second kappa shape index (κ2) is 4.09. The maximum Gasteiger partial charge on any atom is 0.337 e. The van der Waals surface area contributed by atoms with Gasteiger partial charge in [-0.25, -0.2) is 4.79 Å². The van der Waals surface area contributed by atoms with E-state index in [0.29, 0.717) is 5.56 Å². The van der Waals surface area contributed by atoms with Crippen LogP contribution >= 0.6 is 0 Å². The lowest BCUT2D eigenvalue weighted by Gasteiger charge is -2.10. The highest BCUT2D eigenvalue weighted by Gasteiger charge is 2.12. The van der Waals surface area contributed by atoms with Crippen LogP contribution < -0.4 is 0 Å². The molecule has 0 aliphatic rings. The molecule has 1 N–H and O–H groups in total. The van der Waals surface area contributed by atoms with E-state index in [9.17, 15) is 4.79 Å². The quantitative estimate of drug-likeness (QED) is 0.859. The summed E-state index contributed by atoms with van der Waals surface area (Å²) in [5.74, 6) is -0.883. The van der Waals surface area contributed by atoms with Crippen molar-refractivity contribution in [2.45, 2.75) is 20.8 Å². The first-order chi connectivity index (χ1) is 8.00. The molecular formula is C14H15NO2. The summed E-state index contributed by atoms with van der Waals surface area (Å²) in [4.78, 5) is 11.0. The first-order valence-electron chi connectivity index (χ1n) is 5.49. The number of aryl methyl sites for hydroxylation is 2. The molecule has 0 unspecified atom stereocenters. The molecule has 0 radical (unpaired) electrons. The molecule has 3 nitrogen and oxygen atoms in total. The second-order valence-electron chi connectivity index (χ2n) is 4.28. The lowest BCUT2D eigenvalue weighted by Crippen LogP contribution is -2.02. The van der Waals surface area contributed by atoms with Crippen LogP contribution in [0.3, 0.4) is 0 Å². The second-order valence-corrected chi connectivity index (χ2v) is 4.28. The van der Waals surface area contributed by atoms with Crippen molar-refractivity contribution in [1.82, 2.24) is 4.57 Å². The zero-order valence-corrected chi connectivity index (χ0v) is 10.2. The largest absolute Gasteiger partial charge is 0.478 e. The third-order valence-electron chi connectivity index (χ3n) is 2.98. The van der Waals surface area contributed by atoms with E-state index in [1.807, 2.05) is 37.5 Å². The average Bonchev–Trinajstić information content (AvgIpc) is 2.60. The number of hydrogen-bond acceptors (Lipinski definition) is 1. The molecule has 2 rings (SSSR count). The predicted octanol–water partition coefficient (Wildman–Crippen LogP) is 3.10. The van der Waals surface area contributed by atoms with Crippen LogP contribution in [0.2, 0.25) is 0 Å². The van der Waals surface area contributed by atoms with Gasteiger partial charge in [0.05, 0.1) is 5.56 Å². The number of rotatable bonds is 2. The predicted molar refractivity (Wildman–Crippen MR) is 66.9 cm³/mol. The zero-order chi connectivity index (χ0) is 12.6. The molecule has 0 fully saturated rings. The molecule has 0 amide bonds. The first kappa shape index (κ1) is 11.5. The van der Waals surface area contributed by atoms with Gasteiger partial charge in [0.1, 0.15) is 0 Å². The van der Waals surface area contributed by atoms with E-state index < -0.39 is 5.97 Å². The van der Waals surface area contributed by atoms with Gasteiger partial charge in [0.2, 0.25) is 0 Å². The van der Waals surface area contributed by atoms with Crippen LogP contribution in [-0.2, 0) is 0 Å².